The molecule has 2 rings (SSSR count). The van der Waals surface area contributed by atoms with Crippen molar-refractivity contribution in [3.05, 3.63) is 5.01 Å². The number of aryl methyl sites for hydroxylation is 1. The maximum Gasteiger partial charge on any atom is 0.326 e. The van der Waals surface area contributed by atoms with Crippen LogP contribution in [0.4, 0.5) is 0 Å². The second-order valence-corrected chi connectivity index (χ2v) is 8.03. The molecule has 1 aliphatic carbocycles. The van der Waals surface area contributed by atoms with E-state index in [1.54, 1.807) is 23.1 Å². The average Bonchev–Trinajstić information content (AvgIpc) is 3.05. The predicted octanol–water partition coefficient (Wildman–Crippen LogP) is 2.79. The Hall–Kier alpha value is -0.660. The van der Waals surface area contributed by atoms with Crippen LogP contribution in [0.5, 0.6) is 0 Å². The monoisotopic (exact) mass is 329 g/mol. The molecule has 1 aromatic heterocycles. The Bertz CT molecular complexity index is 481. The first-order chi connectivity index (χ1) is 10.1. The van der Waals surface area contributed by atoms with Crippen LogP contribution in [-0.2, 0) is 9.53 Å². The van der Waals surface area contributed by atoms with E-state index in [1.165, 1.54) is 0 Å². The van der Waals surface area contributed by atoms with Crippen LogP contribution >= 0.6 is 23.1 Å². The number of nitrogens with zero attached hydrogens (tertiary/aromatic N) is 2. The molecule has 0 radical (unpaired) electrons. The van der Waals surface area contributed by atoms with E-state index in [0.29, 0.717) is 11.9 Å². The highest BCUT2D eigenvalue weighted by atomic mass is 32.2. The molecule has 0 amide bonds. The topological polar surface area (TPSA) is 64.1 Å². The van der Waals surface area contributed by atoms with Gasteiger partial charge < -0.3 is 10.1 Å². The van der Waals surface area contributed by atoms with Crippen molar-refractivity contribution < 1.29 is 9.53 Å². The number of ether oxygens (including phenoxy) is 1. The van der Waals surface area contributed by atoms with Gasteiger partial charge in [-0.15, -0.1) is 10.2 Å². The summed E-state index contributed by atoms with van der Waals surface area (Å²) in [5, 5.41) is 13.0. The molecule has 0 aliphatic heterocycles. The van der Waals surface area contributed by atoms with Crippen LogP contribution in [-0.4, -0.2) is 40.1 Å². The van der Waals surface area contributed by atoms with Gasteiger partial charge in [-0.25, -0.2) is 0 Å². The Morgan fingerprint density at radius 2 is 2.33 bits per heavy atom. The number of rotatable bonds is 7. The fraction of sp³-hybridized carbons (Fsp3) is 0.786. The van der Waals surface area contributed by atoms with Gasteiger partial charge in [-0.05, 0) is 46.1 Å². The normalized spacial score (nSPS) is 25.2. The zero-order valence-electron chi connectivity index (χ0n) is 12.8. The van der Waals surface area contributed by atoms with Gasteiger partial charge in [-0.2, -0.15) is 0 Å². The van der Waals surface area contributed by atoms with E-state index in [1.807, 2.05) is 13.8 Å². The standard InChI is InChI=1S/C14H23N3O2S2/c1-4-8-15-14(12(18)19-5-2)7-6-11(9-14)21-13-17-16-10(3)20-13/h11,15H,4-9H2,1-3H3. The minimum absolute atomic E-state index is 0.102. The van der Waals surface area contributed by atoms with Crippen LogP contribution in [0.1, 0.15) is 44.5 Å². The quantitative estimate of drug-likeness (QED) is 0.776. The van der Waals surface area contributed by atoms with E-state index in [9.17, 15) is 4.79 Å². The third kappa shape index (κ3) is 4.17. The summed E-state index contributed by atoms with van der Waals surface area (Å²) in [7, 11) is 0. The minimum atomic E-state index is -0.510. The number of hydrogen-bond donors (Lipinski definition) is 1. The van der Waals surface area contributed by atoms with Gasteiger partial charge >= 0.3 is 5.97 Å². The second-order valence-electron chi connectivity index (χ2n) is 5.30. The molecular formula is C14H23N3O2S2. The molecule has 0 bridgehead atoms. The predicted molar refractivity (Wildman–Crippen MR) is 85.8 cm³/mol. The molecule has 1 fully saturated rings. The summed E-state index contributed by atoms with van der Waals surface area (Å²) < 4.78 is 6.29. The lowest BCUT2D eigenvalue weighted by Crippen LogP contribution is -2.51. The fourth-order valence-corrected chi connectivity index (χ4v) is 4.98. The van der Waals surface area contributed by atoms with Crippen LogP contribution in [0.15, 0.2) is 4.34 Å². The summed E-state index contributed by atoms with van der Waals surface area (Å²) in [5.41, 5.74) is -0.510. The number of esters is 1. The molecule has 7 heteroatoms. The fourth-order valence-electron chi connectivity index (χ4n) is 2.62. The zero-order chi connectivity index (χ0) is 15.3. The highest BCUT2D eigenvalue weighted by molar-refractivity contribution is 8.01. The van der Waals surface area contributed by atoms with Crippen molar-refractivity contribution in [3.63, 3.8) is 0 Å². The van der Waals surface area contributed by atoms with Crippen LogP contribution in [0.2, 0.25) is 0 Å². The molecule has 0 saturated heterocycles. The lowest BCUT2D eigenvalue weighted by molar-refractivity contribution is -0.151. The summed E-state index contributed by atoms with van der Waals surface area (Å²) in [4.78, 5) is 12.4. The lowest BCUT2D eigenvalue weighted by atomic mass is 9.97. The van der Waals surface area contributed by atoms with Crippen molar-refractivity contribution in [2.24, 2.45) is 0 Å². The van der Waals surface area contributed by atoms with Gasteiger partial charge in [0.05, 0.1) is 6.61 Å². The van der Waals surface area contributed by atoms with Crippen LogP contribution in [0, 0.1) is 6.92 Å². The van der Waals surface area contributed by atoms with Crippen LogP contribution in [0.3, 0.4) is 0 Å². The van der Waals surface area contributed by atoms with Crippen LogP contribution in [0.25, 0.3) is 0 Å². The van der Waals surface area contributed by atoms with Crippen molar-refractivity contribution >= 4 is 29.1 Å². The summed E-state index contributed by atoms with van der Waals surface area (Å²) in [6.07, 6.45) is 3.64. The lowest BCUT2D eigenvalue weighted by Gasteiger charge is -2.28. The molecule has 2 atom stereocenters. The molecule has 118 valence electrons. The highest BCUT2D eigenvalue weighted by Crippen LogP contribution is 2.41. The SMILES string of the molecule is CCCNC1(C(=O)OCC)CCC(Sc2nnc(C)s2)C1. The molecule has 1 heterocycles. The summed E-state index contributed by atoms with van der Waals surface area (Å²) in [6.45, 7) is 7.20. The zero-order valence-corrected chi connectivity index (χ0v) is 14.5. The molecular weight excluding hydrogens is 306 g/mol. The maximum absolute atomic E-state index is 12.4. The van der Waals surface area contributed by atoms with E-state index in [4.69, 9.17) is 4.74 Å². The highest BCUT2D eigenvalue weighted by Gasteiger charge is 2.46. The van der Waals surface area contributed by atoms with Gasteiger partial charge in [0, 0.05) is 5.25 Å². The molecule has 0 aromatic carbocycles. The van der Waals surface area contributed by atoms with Gasteiger partial charge in [0.25, 0.3) is 0 Å². The Kier molecular flexibility index (Phi) is 6.01. The Balaban J connectivity index is 2.01. The summed E-state index contributed by atoms with van der Waals surface area (Å²) in [6, 6.07) is 0. The maximum atomic E-state index is 12.4. The van der Waals surface area contributed by atoms with Crippen molar-refractivity contribution in [1.82, 2.24) is 15.5 Å². The summed E-state index contributed by atoms with van der Waals surface area (Å²) in [5.74, 6) is -0.102. The minimum Gasteiger partial charge on any atom is -0.465 e. The second kappa shape index (κ2) is 7.56. The third-order valence-electron chi connectivity index (χ3n) is 3.62. The van der Waals surface area contributed by atoms with E-state index in [-0.39, 0.29) is 5.97 Å². The van der Waals surface area contributed by atoms with E-state index < -0.39 is 5.54 Å². The molecule has 5 nitrogen and oxygen atoms in total. The van der Waals surface area contributed by atoms with Crippen molar-refractivity contribution in [2.45, 2.75) is 61.6 Å². The molecule has 1 saturated carbocycles. The number of nitrogens with one attached hydrogen (secondary N) is 1. The van der Waals surface area contributed by atoms with E-state index >= 15 is 0 Å². The first-order valence-corrected chi connectivity index (χ1v) is 9.18. The van der Waals surface area contributed by atoms with E-state index in [0.717, 1.165) is 41.6 Å². The Morgan fingerprint density at radius 3 is 2.95 bits per heavy atom. The molecule has 21 heavy (non-hydrogen) atoms. The number of carbonyl (C=O) groups is 1. The number of carbonyl (C=O) groups excluding carboxylic acids is 1. The Labute approximate surface area is 134 Å². The van der Waals surface area contributed by atoms with Gasteiger partial charge in [-0.1, -0.05) is 30.0 Å². The number of thioether (sulfide) groups is 1. The molecule has 2 unspecified atom stereocenters. The number of aromatic nitrogens is 2. The van der Waals surface area contributed by atoms with Gasteiger partial charge in [0.2, 0.25) is 0 Å². The molecule has 1 aliphatic rings. The molecule has 1 N–H and O–H groups in total. The van der Waals surface area contributed by atoms with Gasteiger partial charge in [-0.3, -0.25) is 4.79 Å². The van der Waals surface area contributed by atoms with Crippen molar-refractivity contribution in [1.29, 1.82) is 0 Å². The van der Waals surface area contributed by atoms with Crippen molar-refractivity contribution in [2.75, 3.05) is 13.2 Å². The molecule has 0 spiro atoms. The van der Waals surface area contributed by atoms with Crippen LogP contribution < -0.4 is 5.32 Å². The number of hydrogen-bond acceptors (Lipinski definition) is 7. The third-order valence-corrected chi connectivity index (χ3v) is 5.81. The van der Waals surface area contributed by atoms with Crippen molar-refractivity contribution in [3.8, 4) is 0 Å². The first kappa shape index (κ1) is 16.7. The Morgan fingerprint density at radius 1 is 1.52 bits per heavy atom. The van der Waals surface area contributed by atoms with E-state index in [2.05, 4.69) is 22.4 Å². The summed E-state index contributed by atoms with van der Waals surface area (Å²) >= 11 is 3.36. The molecule has 1 aromatic rings. The van der Waals surface area contributed by atoms with Gasteiger partial charge in [0.15, 0.2) is 4.34 Å². The van der Waals surface area contributed by atoms with Gasteiger partial charge in [0.1, 0.15) is 10.5 Å². The average molecular weight is 329 g/mol. The first-order valence-electron chi connectivity index (χ1n) is 7.48. The largest absolute Gasteiger partial charge is 0.465 e. The smallest absolute Gasteiger partial charge is 0.326 e.